The van der Waals surface area contributed by atoms with Gasteiger partial charge in [0.2, 0.25) is 0 Å². The minimum atomic E-state index is -0.00000988. The van der Waals surface area contributed by atoms with Crippen molar-refractivity contribution in [3.8, 4) is 5.75 Å². The average molecular weight is 372 g/mol. The third-order valence-electron chi connectivity index (χ3n) is 4.74. The second-order valence-corrected chi connectivity index (χ2v) is 7.52. The number of amides is 2. The lowest BCUT2D eigenvalue weighted by atomic mass is 10.1. The summed E-state index contributed by atoms with van der Waals surface area (Å²) in [6.07, 6.45) is 0.952. The fourth-order valence-electron chi connectivity index (χ4n) is 3.16. The van der Waals surface area contributed by atoms with Crippen LogP contribution in [0.5, 0.6) is 5.75 Å². The van der Waals surface area contributed by atoms with E-state index in [1.165, 1.54) is 10.4 Å². The Kier molecular flexibility index (Phi) is 5.61. The topological polar surface area (TPSA) is 49.9 Å². The van der Waals surface area contributed by atoms with E-state index >= 15 is 0 Å². The van der Waals surface area contributed by atoms with Gasteiger partial charge in [-0.1, -0.05) is 6.92 Å². The first-order valence-corrected chi connectivity index (χ1v) is 9.67. The normalized spacial score (nSPS) is 14.4. The van der Waals surface area contributed by atoms with Gasteiger partial charge in [-0.3, -0.25) is 9.59 Å². The molecule has 1 aliphatic rings. The summed E-state index contributed by atoms with van der Waals surface area (Å²) in [6, 6.07) is 9.12. The van der Waals surface area contributed by atoms with Crippen LogP contribution in [0.3, 0.4) is 0 Å². The van der Waals surface area contributed by atoms with Gasteiger partial charge in [-0.2, -0.15) is 0 Å². The zero-order valence-electron chi connectivity index (χ0n) is 15.4. The maximum atomic E-state index is 12.7. The van der Waals surface area contributed by atoms with Gasteiger partial charge in [-0.25, -0.2) is 0 Å². The van der Waals surface area contributed by atoms with E-state index in [4.69, 9.17) is 4.74 Å². The highest BCUT2D eigenvalue weighted by Gasteiger charge is 2.26. The smallest absolute Gasteiger partial charge is 0.264 e. The predicted octanol–water partition coefficient (Wildman–Crippen LogP) is 3.23. The van der Waals surface area contributed by atoms with Crippen LogP contribution in [0, 0.1) is 6.92 Å². The number of benzene rings is 1. The number of thiophene rings is 1. The number of ether oxygens (including phenoxy) is 1. The molecule has 0 saturated carbocycles. The third-order valence-corrected chi connectivity index (χ3v) is 6.11. The van der Waals surface area contributed by atoms with Gasteiger partial charge >= 0.3 is 0 Å². The van der Waals surface area contributed by atoms with Gasteiger partial charge in [0.1, 0.15) is 5.75 Å². The fourth-order valence-corrected chi connectivity index (χ4v) is 4.24. The first-order chi connectivity index (χ1) is 12.5. The first-order valence-electron chi connectivity index (χ1n) is 8.85. The summed E-state index contributed by atoms with van der Waals surface area (Å²) in [6.45, 7) is 6.41. The van der Waals surface area contributed by atoms with Crippen LogP contribution in [0.2, 0.25) is 0 Å². The van der Waals surface area contributed by atoms with Crippen LogP contribution in [0.4, 0.5) is 0 Å². The van der Waals surface area contributed by atoms with E-state index in [2.05, 4.69) is 13.8 Å². The molecule has 6 heteroatoms. The van der Waals surface area contributed by atoms with Crippen molar-refractivity contribution in [2.75, 3.05) is 33.3 Å². The highest BCUT2D eigenvalue weighted by atomic mass is 32.1. The van der Waals surface area contributed by atoms with Crippen LogP contribution < -0.4 is 4.74 Å². The van der Waals surface area contributed by atoms with Crippen LogP contribution in [0.25, 0.3) is 0 Å². The number of methoxy groups -OCH3 is 1. The third kappa shape index (κ3) is 3.75. The van der Waals surface area contributed by atoms with Crippen molar-refractivity contribution in [3.63, 3.8) is 0 Å². The zero-order chi connectivity index (χ0) is 18.7. The van der Waals surface area contributed by atoms with Gasteiger partial charge in [0.15, 0.2) is 0 Å². The maximum absolute atomic E-state index is 12.7. The molecule has 1 aliphatic heterocycles. The number of hydrogen-bond acceptors (Lipinski definition) is 4. The Labute approximate surface area is 158 Å². The molecule has 1 aromatic heterocycles. The van der Waals surface area contributed by atoms with Crippen molar-refractivity contribution in [1.82, 2.24) is 9.80 Å². The van der Waals surface area contributed by atoms with E-state index in [-0.39, 0.29) is 11.8 Å². The van der Waals surface area contributed by atoms with Gasteiger partial charge in [0.25, 0.3) is 11.8 Å². The Morgan fingerprint density at radius 3 is 2.12 bits per heavy atom. The molecule has 1 aromatic carbocycles. The summed E-state index contributed by atoms with van der Waals surface area (Å²) in [5.74, 6) is 0.809. The first kappa shape index (κ1) is 18.5. The lowest BCUT2D eigenvalue weighted by Gasteiger charge is -2.34. The van der Waals surface area contributed by atoms with Crippen molar-refractivity contribution < 1.29 is 14.3 Å². The summed E-state index contributed by atoms with van der Waals surface area (Å²) >= 11 is 1.59. The quantitative estimate of drug-likeness (QED) is 0.828. The zero-order valence-corrected chi connectivity index (χ0v) is 16.3. The van der Waals surface area contributed by atoms with Crippen molar-refractivity contribution in [2.45, 2.75) is 20.3 Å². The van der Waals surface area contributed by atoms with Crippen molar-refractivity contribution in [2.24, 2.45) is 0 Å². The van der Waals surface area contributed by atoms with Gasteiger partial charge in [0, 0.05) is 36.6 Å². The summed E-state index contributed by atoms with van der Waals surface area (Å²) in [5, 5.41) is 0. The van der Waals surface area contributed by atoms with Crippen LogP contribution in [-0.2, 0) is 6.42 Å². The molecule has 2 aromatic rings. The number of carbonyl (C=O) groups excluding carboxylic acids is 2. The predicted molar refractivity (Wildman–Crippen MR) is 103 cm³/mol. The SMILES string of the molecule is CCc1sc(C(=O)N2CCN(C(=O)c3ccc(OC)cc3)CC2)cc1C. The minimum absolute atomic E-state index is 0.00000988. The summed E-state index contributed by atoms with van der Waals surface area (Å²) < 4.78 is 5.13. The number of hydrogen-bond donors (Lipinski definition) is 0. The second kappa shape index (κ2) is 7.91. The Morgan fingerprint density at radius 1 is 1.04 bits per heavy atom. The molecular weight excluding hydrogens is 348 g/mol. The molecule has 0 N–H and O–H groups in total. The Balaban J connectivity index is 1.60. The number of piperazine rings is 1. The van der Waals surface area contributed by atoms with E-state index in [1.807, 2.05) is 15.9 Å². The van der Waals surface area contributed by atoms with Crippen molar-refractivity contribution in [1.29, 1.82) is 0 Å². The number of nitrogens with zero attached hydrogens (tertiary/aromatic N) is 2. The minimum Gasteiger partial charge on any atom is -0.497 e. The molecule has 2 amide bonds. The Bertz CT molecular complexity index is 790. The fraction of sp³-hybridized carbons (Fsp3) is 0.400. The molecule has 0 radical (unpaired) electrons. The Hall–Kier alpha value is -2.34. The summed E-state index contributed by atoms with van der Waals surface area (Å²) in [5.41, 5.74) is 1.83. The standard InChI is InChI=1S/C20H24N2O3S/c1-4-17-14(2)13-18(26-17)20(24)22-11-9-21(10-12-22)19(23)15-5-7-16(25-3)8-6-15/h5-8,13H,4,9-12H2,1-3H3. The molecule has 0 atom stereocenters. The highest BCUT2D eigenvalue weighted by molar-refractivity contribution is 7.14. The lowest BCUT2D eigenvalue weighted by molar-refractivity contribution is 0.0538. The number of carbonyl (C=O) groups is 2. The molecule has 0 bridgehead atoms. The van der Waals surface area contributed by atoms with Crippen LogP contribution in [-0.4, -0.2) is 54.9 Å². The van der Waals surface area contributed by atoms with Crippen LogP contribution >= 0.6 is 11.3 Å². The van der Waals surface area contributed by atoms with Crippen LogP contribution in [0.1, 0.15) is 37.4 Å². The molecule has 0 aliphatic carbocycles. The number of aryl methyl sites for hydroxylation is 2. The second-order valence-electron chi connectivity index (χ2n) is 6.38. The van der Waals surface area contributed by atoms with Gasteiger partial charge in [-0.05, 0) is 49.2 Å². The maximum Gasteiger partial charge on any atom is 0.264 e. The molecule has 26 heavy (non-hydrogen) atoms. The van der Waals surface area contributed by atoms with E-state index in [9.17, 15) is 9.59 Å². The van der Waals surface area contributed by atoms with Gasteiger partial charge < -0.3 is 14.5 Å². The lowest BCUT2D eigenvalue weighted by Crippen LogP contribution is -2.50. The van der Waals surface area contributed by atoms with Crippen molar-refractivity contribution in [3.05, 3.63) is 51.2 Å². The van der Waals surface area contributed by atoms with E-state index < -0.39 is 0 Å². The van der Waals surface area contributed by atoms with Crippen LogP contribution in [0.15, 0.2) is 30.3 Å². The molecule has 138 valence electrons. The molecule has 1 fully saturated rings. The monoisotopic (exact) mass is 372 g/mol. The molecule has 0 unspecified atom stereocenters. The largest absolute Gasteiger partial charge is 0.497 e. The molecule has 0 spiro atoms. The molecular formula is C20H24N2O3S. The number of rotatable bonds is 4. The highest BCUT2D eigenvalue weighted by Crippen LogP contribution is 2.24. The molecule has 2 heterocycles. The van der Waals surface area contributed by atoms with Gasteiger partial charge in [0.05, 0.1) is 12.0 Å². The van der Waals surface area contributed by atoms with E-state index in [0.29, 0.717) is 31.7 Å². The van der Waals surface area contributed by atoms with Gasteiger partial charge in [-0.15, -0.1) is 11.3 Å². The molecule has 1 saturated heterocycles. The van der Waals surface area contributed by atoms with E-state index in [1.54, 1.807) is 42.7 Å². The average Bonchev–Trinajstić information content (AvgIpc) is 3.07. The van der Waals surface area contributed by atoms with Crippen molar-refractivity contribution >= 4 is 23.2 Å². The Morgan fingerprint density at radius 2 is 1.62 bits per heavy atom. The molecule has 3 rings (SSSR count). The molecule has 5 nitrogen and oxygen atoms in total. The summed E-state index contributed by atoms with van der Waals surface area (Å²) in [7, 11) is 1.60. The van der Waals surface area contributed by atoms with E-state index in [0.717, 1.165) is 17.0 Å². The summed E-state index contributed by atoms with van der Waals surface area (Å²) in [4.78, 5) is 31.1.